The molecular weight excluding hydrogens is 228 g/mol. The van der Waals surface area contributed by atoms with Crippen LogP contribution in [0.3, 0.4) is 0 Å². The average molecular weight is 236 g/mol. The largest absolute Gasteiger partial charge is 0.494 e. The first-order valence-electron chi connectivity index (χ1n) is 4.23. The molecule has 16 heavy (non-hydrogen) atoms. The van der Waals surface area contributed by atoms with Crippen LogP contribution in [0.2, 0.25) is 0 Å². The molecule has 88 valence electrons. The summed E-state index contributed by atoms with van der Waals surface area (Å²) >= 11 is 0. The van der Waals surface area contributed by atoms with Crippen LogP contribution in [0.15, 0.2) is 12.1 Å². The van der Waals surface area contributed by atoms with Gasteiger partial charge in [0.25, 0.3) is 0 Å². The molecule has 6 heteroatoms. The molecule has 0 radical (unpaired) electrons. The molecule has 1 aromatic rings. The molecule has 0 aliphatic rings. The molecule has 0 fully saturated rings. The van der Waals surface area contributed by atoms with E-state index in [9.17, 15) is 22.4 Å². The van der Waals surface area contributed by atoms with Crippen molar-refractivity contribution in [2.45, 2.75) is 12.8 Å². The van der Waals surface area contributed by atoms with Crippen molar-refractivity contribution in [3.8, 4) is 5.75 Å². The highest BCUT2D eigenvalue weighted by Crippen LogP contribution is 2.28. The Hall–Kier alpha value is -1.59. The molecule has 0 N–H and O–H groups in total. The molecule has 0 aromatic heterocycles. The van der Waals surface area contributed by atoms with E-state index in [1.54, 1.807) is 0 Å². The predicted octanol–water partition coefficient (Wildman–Crippen LogP) is 2.81. The van der Waals surface area contributed by atoms with Gasteiger partial charge in [0.1, 0.15) is 5.82 Å². The molecule has 2 nitrogen and oxygen atoms in total. The number of ether oxygens (including phenoxy) is 1. The maximum atomic E-state index is 13.4. The lowest BCUT2D eigenvalue weighted by molar-refractivity contribution is 0.0212. The Morgan fingerprint density at radius 2 is 1.88 bits per heavy atom. The lowest BCUT2D eigenvalue weighted by Crippen LogP contribution is -2.26. The lowest BCUT2D eigenvalue weighted by Gasteiger charge is -2.12. The molecule has 1 aromatic carbocycles. The number of hydrogen-bond acceptors (Lipinski definition) is 2. The third-order valence-electron chi connectivity index (χ3n) is 1.90. The second kappa shape index (κ2) is 4.11. The van der Waals surface area contributed by atoms with Crippen molar-refractivity contribution in [3.63, 3.8) is 0 Å². The monoisotopic (exact) mass is 236 g/mol. The van der Waals surface area contributed by atoms with E-state index in [1.807, 2.05) is 0 Å². The van der Waals surface area contributed by atoms with Gasteiger partial charge in [0.05, 0.1) is 12.7 Å². The number of halogens is 4. The van der Waals surface area contributed by atoms with Crippen molar-refractivity contribution >= 4 is 5.78 Å². The fourth-order valence-corrected chi connectivity index (χ4v) is 1.12. The van der Waals surface area contributed by atoms with Gasteiger partial charge in [-0.1, -0.05) is 0 Å². The smallest absolute Gasteiger partial charge is 0.307 e. The van der Waals surface area contributed by atoms with Crippen molar-refractivity contribution in [2.75, 3.05) is 7.11 Å². The maximum absolute atomic E-state index is 13.4. The van der Waals surface area contributed by atoms with Crippen LogP contribution in [0.5, 0.6) is 5.75 Å². The summed E-state index contributed by atoms with van der Waals surface area (Å²) in [5, 5.41) is 0. The molecule has 0 amide bonds. The first-order chi connectivity index (χ1) is 7.29. The van der Waals surface area contributed by atoms with Gasteiger partial charge in [0.2, 0.25) is 5.78 Å². The van der Waals surface area contributed by atoms with Crippen LogP contribution in [0, 0.1) is 11.6 Å². The Labute approximate surface area is 88.8 Å². The molecular formula is C10H8F4O2. The Kier molecular flexibility index (Phi) is 3.21. The van der Waals surface area contributed by atoms with Gasteiger partial charge >= 0.3 is 5.92 Å². The topological polar surface area (TPSA) is 26.3 Å². The number of benzene rings is 1. The molecule has 0 bridgehead atoms. The number of carbonyl (C=O) groups excluding carboxylic acids is 1. The number of hydrogen-bond donors (Lipinski definition) is 0. The molecule has 1 rings (SSSR count). The molecule has 0 atom stereocenters. The first kappa shape index (κ1) is 12.5. The van der Waals surface area contributed by atoms with Crippen LogP contribution in [0.4, 0.5) is 17.6 Å². The zero-order valence-electron chi connectivity index (χ0n) is 8.48. The van der Waals surface area contributed by atoms with Gasteiger partial charge in [0.15, 0.2) is 11.6 Å². The summed E-state index contributed by atoms with van der Waals surface area (Å²) in [6.07, 6.45) is 0. The van der Waals surface area contributed by atoms with Crippen molar-refractivity contribution in [1.29, 1.82) is 0 Å². The van der Waals surface area contributed by atoms with E-state index in [4.69, 9.17) is 0 Å². The third-order valence-corrected chi connectivity index (χ3v) is 1.90. The summed E-state index contributed by atoms with van der Waals surface area (Å²) in [5.41, 5.74) is -1.29. The number of methoxy groups -OCH3 is 1. The fraction of sp³-hybridized carbons (Fsp3) is 0.300. The van der Waals surface area contributed by atoms with Crippen LogP contribution >= 0.6 is 0 Å². The van der Waals surface area contributed by atoms with E-state index in [0.717, 1.165) is 13.2 Å². The summed E-state index contributed by atoms with van der Waals surface area (Å²) in [7, 11) is 1.08. The predicted molar refractivity (Wildman–Crippen MR) is 47.9 cm³/mol. The van der Waals surface area contributed by atoms with Gasteiger partial charge in [0, 0.05) is 6.92 Å². The number of rotatable bonds is 3. The van der Waals surface area contributed by atoms with Gasteiger partial charge in [-0.3, -0.25) is 4.79 Å². The quantitative estimate of drug-likeness (QED) is 0.595. The number of alkyl halides is 2. The van der Waals surface area contributed by atoms with Crippen molar-refractivity contribution in [2.24, 2.45) is 0 Å². The van der Waals surface area contributed by atoms with Crippen molar-refractivity contribution < 1.29 is 27.1 Å². The Morgan fingerprint density at radius 3 is 2.31 bits per heavy atom. The summed E-state index contributed by atoms with van der Waals surface area (Å²) in [4.78, 5) is 11.1. The summed E-state index contributed by atoms with van der Waals surface area (Å²) in [6.45, 7) is 0.272. The van der Waals surface area contributed by atoms with E-state index >= 15 is 0 Å². The van der Waals surface area contributed by atoms with Gasteiger partial charge < -0.3 is 4.74 Å². The zero-order chi connectivity index (χ0) is 12.5. The molecule has 0 aliphatic carbocycles. The Balaban J connectivity index is 3.38. The minimum Gasteiger partial charge on any atom is -0.494 e. The highest BCUT2D eigenvalue weighted by Gasteiger charge is 2.37. The maximum Gasteiger partial charge on any atom is 0.307 e. The normalized spacial score (nSPS) is 11.4. The Bertz CT molecular complexity index is 424. The van der Waals surface area contributed by atoms with Crippen molar-refractivity contribution in [3.05, 3.63) is 29.3 Å². The highest BCUT2D eigenvalue weighted by molar-refractivity contribution is 6.01. The zero-order valence-corrected chi connectivity index (χ0v) is 8.48. The SMILES string of the molecule is COc1ccc(F)c(C(=O)C(C)(F)F)c1F. The molecule has 0 spiro atoms. The fourth-order valence-electron chi connectivity index (χ4n) is 1.12. The van der Waals surface area contributed by atoms with E-state index in [2.05, 4.69) is 4.74 Å². The van der Waals surface area contributed by atoms with E-state index in [1.165, 1.54) is 0 Å². The van der Waals surface area contributed by atoms with E-state index in [0.29, 0.717) is 6.07 Å². The molecule has 0 aliphatic heterocycles. The summed E-state index contributed by atoms with van der Waals surface area (Å²) < 4.78 is 56.3. The number of carbonyl (C=O) groups is 1. The van der Waals surface area contributed by atoms with Gasteiger partial charge in [-0.25, -0.2) is 8.78 Å². The summed E-state index contributed by atoms with van der Waals surface area (Å²) in [6, 6.07) is 1.61. The average Bonchev–Trinajstić information content (AvgIpc) is 2.16. The van der Waals surface area contributed by atoms with Crippen LogP contribution in [-0.4, -0.2) is 18.8 Å². The van der Waals surface area contributed by atoms with Gasteiger partial charge in [-0.05, 0) is 12.1 Å². The standard InChI is InChI=1S/C10H8F4O2/c1-10(13,14)9(15)7-5(11)3-4-6(16-2)8(7)12/h3-4H,1-2H3. The third kappa shape index (κ3) is 2.15. The van der Waals surface area contributed by atoms with E-state index in [-0.39, 0.29) is 6.92 Å². The van der Waals surface area contributed by atoms with Crippen LogP contribution in [0.25, 0.3) is 0 Å². The number of ketones is 1. The highest BCUT2D eigenvalue weighted by atomic mass is 19.3. The van der Waals surface area contributed by atoms with Crippen LogP contribution in [0.1, 0.15) is 17.3 Å². The lowest BCUT2D eigenvalue weighted by atomic mass is 10.0. The summed E-state index contributed by atoms with van der Waals surface area (Å²) in [5.74, 6) is -8.98. The van der Waals surface area contributed by atoms with E-state index < -0.39 is 34.7 Å². The molecule has 0 saturated carbocycles. The van der Waals surface area contributed by atoms with Crippen LogP contribution in [-0.2, 0) is 0 Å². The Morgan fingerprint density at radius 1 is 1.31 bits per heavy atom. The van der Waals surface area contributed by atoms with Crippen molar-refractivity contribution in [1.82, 2.24) is 0 Å². The first-order valence-corrected chi connectivity index (χ1v) is 4.23. The van der Waals surface area contributed by atoms with Crippen LogP contribution < -0.4 is 4.74 Å². The molecule has 0 saturated heterocycles. The number of Topliss-reactive ketones (excluding diaryl/α,β-unsaturated/α-hetero) is 1. The minimum absolute atomic E-state index is 0.272. The molecule has 0 heterocycles. The second-order valence-electron chi connectivity index (χ2n) is 3.16. The van der Waals surface area contributed by atoms with Gasteiger partial charge in [-0.2, -0.15) is 8.78 Å². The van der Waals surface area contributed by atoms with Gasteiger partial charge in [-0.15, -0.1) is 0 Å². The minimum atomic E-state index is -3.84. The second-order valence-corrected chi connectivity index (χ2v) is 3.16. The molecule has 0 unspecified atom stereocenters.